The number of halogens is 1. The molecule has 2 rings (SSSR count). The van der Waals surface area contributed by atoms with E-state index in [4.69, 9.17) is 11.6 Å². The Balaban J connectivity index is 2.36. The Morgan fingerprint density at radius 3 is 2.85 bits per heavy atom. The second kappa shape index (κ2) is 3.53. The molecule has 0 amide bonds. The van der Waals surface area contributed by atoms with Gasteiger partial charge in [0.05, 0.1) is 17.8 Å². The predicted octanol–water partition coefficient (Wildman–Crippen LogP) is 1.40. The van der Waals surface area contributed by atoms with Crippen LogP contribution in [0.5, 0.6) is 0 Å². The van der Waals surface area contributed by atoms with Crippen molar-refractivity contribution in [1.82, 2.24) is 19.5 Å². The number of aromatic nitrogens is 4. The Labute approximate surface area is 80.2 Å². The van der Waals surface area contributed by atoms with Crippen molar-refractivity contribution in [1.29, 1.82) is 0 Å². The normalized spacial score (nSPS) is 10.2. The molecule has 5 heteroatoms. The first-order chi connectivity index (χ1) is 6.40. The van der Waals surface area contributed by atoms with Crippen molar-refractivity contribution in [3.8, 4) is 5.82 Å². The zero-order valence-corrected chi connectivity index (χ0v) is 7.52. The molecule has 0 aromatic carbocycles. The van der Waals surface area contributed by atoms with Gasteiger partial charge in [-0.1, -0.05) is 0 Å². The summed E-state index contributed by atoms with van der Waals surface area (Å²) in [7, 11) is 0. The SMILES string of the molecule is ClCc1cn(-c2cnccn2)cn1. The van der Waals surface area contributed by atoms with Crippen molar-refractivity contribution < 1.29 is 0 Å². The van der Waals surface area contributed by atoms with Crippen LogP contribution in [0.25, 0.3) is 5.82 Å². The highest BCUT2D eigenvalue weighted by Gasteiger charge is 1.99. The van der Waals surface area contributed by atoms with Gasteiger partial charge in [0.15, 0.2) is 5.82 Å². The molecule has 2 aromatic heterocycles. The lowest BCUT2D eigenvalue weighted by Gasteiger charge is -1.96. The molecule has 0 fully saturated rings. The highest BCUT2D eigenvalue weighted by atomic mass is 35.5. The summed E-state index contributed by atoms with van der Waals surface area (Å²) in [6.45, 7) is 0. The molecule has 0 atom stereocenters. The van der Waals surface area contributed by atoms with Gasteiger partial charge in [0.1, 0.15) is 6.33 Å². The molecule has 0 bridgehead atoms. The number of nitrogens with zero attached hydrogens (tertiary/aromatic N) is 4. The van der Waals surface area contributed by atoms with Gasteiger partial charge < -0.3 is 0 Å². The van der Waals surface area contributed by atoms with Crippen molar-refractivity contribution in [2.24, 2.45) is 0 Å². The Morgan fingerprint density at radius 1 is 1.31 bits per heavy atom. The van der Waals surface area contributed by atoms with E-state index in [0.29, 0.717) is 5.88 Å². The van der Waals surface area contributed by atoms with Gasteiger partial charge in [-0.3, -0.25) is 9.55 Å². The van der Waals surface area contributed by atoms with E-state index in [0.717, 1.165) is 11.5 Å². The van der Waals surface area contributed by atoms with Crippen LogP contribution < -0.4 is 0 Å². The summed E-state index contributed by atoms with van der Waals surface area (Å²) in [5, 5.41) is 0. The second-order valence-electron chi connectivity index (χ2n) is 2.47. The Hall–Kier alpha value is -1.42. The number of hydrogen-bond acceptors (Lipinski definition) is 3. The van der Waals surface area contributed by atoms with Crippen molar-refractivity contribution in [3.05, 3.63) is 36.8 Å². The van der Waals surface area contributed by atoms with Gasteiger partial charge in [-0.15, -0.1) is 11.6 Å². The molecule has 0 radical (unpaired) electrons. The molecule has 2 aromatic rings. The molecule has 4 nitrogen and oxygen atoms in total. The lowest BCUT2D eigenvalue weighted by molar-refractivity contribution is 0.970. The van der Waals surface area contributed by atoms with Gasteiger partial charge in [-0.05, 0) is 0 Å². The Kier molecular flexibility index (Phi) is 2.23. The molecule has 13 heavy (non-hydrogen) atoms. The smallest absolute Gasteiger partial charge is 0.156 e. The van der Waals surface area contributed by atoms with E-state index in [-0.39, 0.29) is 0 Å². The van der Waals surface area contributed by atoms with Gasteiger partial charge in [-0.2, -0.15) is 0 Å². The van der Waals surface area contributed by atoms with Crippen molar-refractivity contribution in [2.75, 3.05) is 0 Å². The van der Waals surface area contributed by atoms with Gasteiger partial charge in [0.2, 0.25) is 0 Å². The number of hydrogen-bond donors (Lipinski definition) is 0. The van der Waals surface area contributed by atoms with Gasteiger partial charge in [-0.25, -0.2) is 9.97 Å². The topological polar surface area (TPSA) is 43.6 Å². The third kappa shape index (κ3) is 1.67. The molecule has 66 valence electrons. The zero-order chi connectivity index (χ0) is 9.10. The van der Waals surface area contributed by atoms with Crippen LogP contribution in [0.2, 0.25) is 0 Å². The Bertz CT molecular complexity index is 384. The fourth-order valence-corrected chi connectivity index (χ4v) is 1.12. The first-order valence-electron chi connectivity index (χ1n) is 3.75. The van der Waals surface area contributed by atoms with Crippen LogP contribution in [-0.4, -0.2) is 19.5 Å². The molecular weight excluding hydrogens is 188 g/mol. The molecule has 0 saturated carbocycles. The summed E-state index contributed by atoms with van der Waals surface area (Å²) in [6.07, 6.45) is 8.43. The second-order valence-corrected chi connectivity index (χ2v) is 2.74. The third-order valence-corrected chi connectivity index (χ3v) is 1.86. The fraction of sp³-hybridized carbons (Fsp3) is 0.125. The maximum Gasteiger partial charge on any atom is 0.156 e. The molecule has 0 saturated heterocycles. The third-order valence-electron chi connectivity index (χ3n) is 1.59. The first kappa shape index (κ1) is 8.19. The minimum atomic E-state index is 0.410. The fourth-order valence-electron chi connectivity index (χ4n) is 0.982. The predicted molar refractivity (Wildman–Crippen MR) is 48.7 cm³/mol. The molecule has 0 aliphatic rings. The standard InChI is InChI=1S/C8H7ClN4/c9-3-7-5-13(6-12-7)8-4-10-1-2-11-8/h1-2,4-6H,3H2. The largest absolute Gasteiger partial charge is 0.289 e. The summed E-state index contributed by atoms with van der Waals surface area (Å²) in [4.78, 5) is 12.1. The number of imidazole rings is 1. The molecular formula is C8H7ClN4. The van der Waals surface area contributed by atoms with E-state index in [1.807, 2.05) is 6.20 Å². The van der Waals surface area contributed by atoms with Crippen LogP contribution in [0.3, 0.4) is 0 Å². The summed E-state index contributed by atoms with van der Waals surface area (Å²) >= 11 is 5.62. The molecule has 0 N–H and O–H groups in total. The van der Waals surface area contributed by atoms with Crippen molar-refractivity contribution in [2.45, 2.75) is 5.88 Å². The minimum absolute atomic E-state index is 0.410. The summed E-state index contributed by atoms with van der Waals surface area (Å²) < 4.78 is 1.78. The van der Waals surface area contributed by atoms with Crippen LogP contribution >= 0.6 is 11.6 Å². The van der Waals surface area contributed by atoms with Crippen LogP contribution in [0.4, 0.5) is 0 Å². The molecule has 0 aliphatic carbocycles. The summed E-state index contributed by atoms with van der Waals surface area (Å²) in [5.41, 5.74) is 0.826. The zero-order valence-electron chi connectivity index (χ0n) is 6.76. The van der Waals surface area contributed by atoms with E-state index in [9.17, 15) is 0 Å². The molecule has 2 heterocycles. The van der Waals surface area contributed by atoms with Crippen LogP contribution in [0.15, 0.2) is 31.1 Å². The van der Waals surface area contributed by atoms with Crippen LogP contribution in [0.1, 0.15) is 5.69 Å². The molecule has 0 spiro atoms. The summed E-state index contributed by atoms with van der Waals surface area (Å²) in [5.74, 6) is 1.15. The molecule has 0 aliphatic heterocycles. The maximum absolute atomic E-state index is 5.62. The average Bonchev–Trinajstić information content (AvgIpc) is 2.67. The number of rotatable bonds is 2. The molecule has 0 unspecified atom stereocenters. The van der Waals surface area contributed by atoms with Gasteiger partial charge >= 0.3 is 0 Å². The van der Waals surface area contributed by atoms with E-state index >= 15 is 0 Å². The average molecular weight is 195 g/mol. The van der Waals surface area contributed by atoms with Gasteiger partial charge in [0, 0.05) is 18.6 Å². The maximum atomic E-state index is 5.62. The van der Waals surface area contributed by atoms with Crippen molar-refractivity contribution >= 4 is 11.6 Å². The number of alkyl halides is 1. The first-order valence-corrected chi connectivity index (χ1v) is 4.29. The lowest BCUT2D eigenvalue weighted by Crippen LogP contribution is -1.93. The highest BCUT2D eigenvalue weighted by Crippen LogP contribution is 2.05. The quantitative estimate of drug-likeness (QED) is 0.679. The van der Waals surface area contributed by atoms with E-state index in [2.05, 4.69) is 15.0 Å². The van der Waals surface area contributed by atoms with E-state index in [1.54, 1.807) is 29.5 Å². The van der Waals surface area contributed by atoms with E-state index < -0.39 is 0 Å². The lowest BCUT2D eigenvalue weighted by atomic mass is 10.5. The van der Waals surface area contributed by atoms with Crippen molar-refractivity contribution in [3.63, 3.8) is 0 Å². The summed E-state index contributed by atoms with van der Waals surface area (Å²) in [6, 6.07) is 0. The highest BCUT2D eigenvalue weighted by molar-refractivity contribution is 6.16. The van der Waals surface area contributed by atoms with Crippen LogP contribution in [-0.2, 0) is 5.88 Å². The van der Waals surface area contributed by atoms with E-state index in [1.165, 1.54) is 0 Å². The van der Waals surface area contributed by atoms with Crippen LogP contribution in [0, 0.1) is 0 Å². The van der Waals surface area contributed by atoms with Gasteiger partial charge in [0.25, 0.3) is 0 Å². The minimum Gasteiger partial charge on any atom is -0.289 e. The Morgan fingerprint density at radius 2 is 2.23 bits per heavy atom. The monoisotopic (exact) mass is 194 g/mol.